The fraction of sp³-hybridized carbons (Fsp3) is 0.185. The van der Waals surface area contributed by atoms with Gasteiger partial charge in [0, 0.05) is 5.02 Å². The lowest BCUT2D eigenvalue weighted by atomic mass is 9.94. The summed E-state index contributed by atoms with van der Waals surface area (Å²) in [6.45, 7) is 1.76. The van der Waals surface area contributed by atoms with Crippen LogP contribution in [0.3, 0.4) is 0 Å². The summed E-state index contributed by atoms with van der Waals surface area (Å²) < 4.78 is 19.4. The second-order valence-electron chi connectivity index (χ2n) is 7.59. The van der Waals surface area contributed by atoms with Gasteiger partial charge in [-0.15, -0.1) is 0 Å². The van der Waals surface area contributed by atoms with E-state index in [1.54, 1.807) is 12.1 Å². The standard InChI is InChI=1S/C27H25ClFNO/c1-31-27-10-9-22(18-26(27)29)25-17-20(15-21-6-2-3-8-24(21)25)12-14-30-13-11-19-5-4-7-23(28)16-19/h2-10,15-18,30H,11-14H2,1H3. The van der Waals surface area contributed by atoms with Crippen molar-refractivity contribution in [1.82, 2.24) is 5.32 Å². The molecule has 1 N–H and O–H groups in total. The number of halogens is 2. The van der Waals surface area contributed by atoms with Gasteiger partial charge in [0.05, 0.1) is 7.11 Å². The third-order valence-electron chi connectivity index (χ3n) is 5.45. The predicted molar refractivity (Wildman–Crippen MR) is 128 cm³/mol. The second-order valence-corrected chi connectivity index (χ2v) is 8.03. The third-order valence-corrected chi connectivity index (χ3v) is 5.69. The number of ether oxygens (including phenoxy) is 1. The second kappa shape index (κ2) is 9.95. The minimum absolute atomic E-state index is 0.258. The lowest BCUT2D eigenvalue weighted by molar-refractivity contribution is 0.386. The van der Waals surface area contributed by atoms with E-state index in [1.807, 2.05) is 36.4 Å². The van der Waals surface area contributed by atoms with Crippen LogP contribution in [0.4, 0.5) is 4.39 Å². The Morgan fingerprint density at radius 3 is 2.42 bits per heavy atom. The van der Waals surface area contributed by atoms with Gasteiger partial charge in [0.25, 0.3) is 0 Å². The van der Waals surface area contributed by atoms with Gasteiger partial charge in [-0.1, -0.05) is 66.2 Å². The summed E-state index contributed by atoms with van der Waals surface area (Å²) in [6, 6.07) is 25.8. The van der Waals surface area contributed by atoms with Crippen LogP contribution in [0, 0.1) is 5.82 Å². The molecule has 0 saturated heterocycles. The largest absolute Gasteiger partial charge is 0.494 e. The van der Waals surface area contributed by atoms with Gasteiger partial charge in [0.15, 0.2) is 11.6 Å². The first kappa shape index (κ1) is 21.4. The maximum Gasteiger partial charge on any atom is 0.165 e. The van der Waals surface area contributed by atoms with Gasteiger partial charge >= 0.3 is 0 Å². The molecule has 4 heteroatoms. The van der Waals surface area contributed by atoms with Crippen LogP contribution in [0.15, 0.2) is 78.9 Å². The molecule has 4 rings (SSSR count). The Balaban J connectivity index is 1.49. The molecule has 0 saturated carbocycles. The molecule has 0 atom stereocenters. The number of rotatable bonds is 8. The van der Waals surface area contributed by atoms with Crippen molar-refractivity contribution in [3.63, 3.8) is 0 Å². The molecule has 31 heavy (non-hydrogen) atoms. The molecule has 4 aromatic rings. The molecule has 2 nitrogen and oxygen atoms in total. The molecule has 0 aliphatic heterocycles. The zero-order valence-electron chi connectivity index (χ0n) is 17.5. The quantitative estimate of drug-likeness (QED) is 0.313. The molecule has 0 fully saturated rings. The van der Waals surface area contributed by atoms with E-state index in [9.17, 15) is 4.39 Å². The zero-order valence-corrected chi connectivity index (χ0v) is 18.3. The van der Waals surface area contributed by atoms with Crippen LogP contribution in [0.2, 0.25) is 5.02 Å². The van der Waals surface area contributed by atoms with E-state index in [1.165, 1.54) is 18.2 Å². The molecule has 0 amide bonds. The molecule has 158 valence electrons. The van der Waals surface area contributed by atoms with E-state index < -0.39 is 0 Å². The molecule has 4 aromatic carbocycles. The fourth-order valence-electron chi connectivity index (χ4n) is 3.87. The number of hydrogen-bond acceptors (Lipinski definition) is 2. The maximum atomic E-state index is 14.3. The van der Waals surface area contributed by atoms with Gasteiger partial charge in [-0.3, -0.25) is 0 Å². The first-order chi connectivity index (χ1) is 15.1. The van der Waals surface area contributed by atoms with Crippen LogP contribution >= 0.6 is 11.6 Å². The molecule has 0 aliphatic rings. The highest BCUT2D eigenvalue weighted by Crippen LogP contribution is 2.32. The highest BCUT2D eigenvalue weighted by atomic mass is 35.5. The van der Waals surface area contributed by atoms with Crippen molar-refractivity contribution < 1.29 is 9.13 Å². The average molecular weight is 434 g/mol. The van der Waals surface area contributed by atoms with Gasteiger partial charge in [-0.2, -0.15) is 0 Å². The third kappa shape index (κ3) is 5.25. The lowest BCUT2D eigenvalue weighted by Gasteiger charge is -2.12. The SMILES string of the molecule is COc1ccc(-c2cc(CCNCCc3cccc(Cl)c3)cc3ccccc23)cc1F. The van der Waals surface area contributed by atoms with Gasteiger partial charge in [-0.05, 0) is 83.2 Å². The first-order valence-corrected chi connectivity index (χ1v) is 10.8. The topological polar surface area (TPSA) is 21.3 Å². The molecule has 0 aromatic heterocycles. The Morgan fingerprint density at radius 1 is 0.839 bits per heavy atom. The van der Waals surface area contributed by atoms with Gasteiger partial charge in [0.2, 0.25) is 0 Å². The molecule has 0 spiro atoms. The minimum atomic E-state index is -0.350. The van der Waals surface area contributed by atoms with Crippen molar-refractivity contribution in [1.29, 1.82) is 0 Å². The van der Waals surface area contributed by atoms with Crippen LogP contribution in [-0.2, 0) is 12.8 Å². The van der Waals surface area contributed by atoms with E-state index in [0.29, 0.717) is 0 Å². The number of hydrogen-bond donors (Lipinski definition) is 1. The molecular formula is C27H25ClFNO. The Labute approximate surface area is 187 Å². The van der Waals surface area contributed by atoms with E-state index in [-0.39, 0.29) is 11.6 Å². The number of benzene rings is 4. The normalized spacial score (nSPS) is 11.1. The van der Waals surface area contributed by atoms with Gasteiger partial charge < -0.3 is 10.1 Å². The Morgan fingerprint density at radius 2 is 1.65 bits per heavy atom. The predicted octanol–water partition coefficient (Wildman–Crippen LogP) is 6.68. The van der Waals surface area contributed by atoms with E-state index >= 15 is 0 Å². The Hall–Kier alpha value is -2.88. The number of nitrogens with one attached hydrogen (secondary N) is 1. The molecule has 0 bridgehead atoms. The maximum absolute atomic E-state index is 14.3. The molecule has 0 heterocycles. The molecule has 0 unspecified atom stereocenters. The molecule has 0 radical (unpaired) electrons. The van der Waals surface area contributed by atoms with Crippen LogP contribution in [-0.4, -0.2) is 20.2 Å². The van der Waals surface area contributed by atoms with E-state index in [4.69, 9.17) is 16.3 Å². The Bertz CT molecular complexity index is 1190. The molecule has 0 aliphatic carbocycles. The average Bonchev–Trinajstić information content (AvgIpc) is 2.78. The first-order valence-electron chi connectivity index (χ1n) is 10.4. The highest BCUT2D eigenvalue weighted by molar-refractivity contribution is 6.30. The van der Waals surface area contributed by atoms with Crippen LogP contribution in [0.1, 0.15) is 11.1 Å². The lowest BCUT2D eigenvalue weighted by Crippen LogP contribution is -2.20. The van der Waals surface area contributed by atoms with Gasteiger partial charge in [0.1, 0.15) is 0 Å². The van der Waals surface area contributed by atoms with Crippen molar-refractivity contribution in [3.05, 3.63) is 101 Å². The number of methoxy groups -OCH3 is 1. The smallest absolute Gasteiger partial charge is 0.165 e. The van der Waals surface area contributed by atoms with Crippen molar-refractivity contribution in [2.45, 2.75) is 12.8 Å². The van der Waals surface area contributed by atoms with Crippen molar-refractivity contribution in [2.75, 3.05) is 20.2 Å². The van der Waals surface area contributed by atoms with Crippen molar-refractivity contribution in [3.8, 4) is 16.9 Å². The summed E-state index contributed by atoms with van der Waals surface area (Å²) in [6.07, 6.45) is 1.83. The van der Waals surface area contributed by atoms with Crippen molar-refractivity contribution in [2.24, 2.45) is 0 Å². The minimum Gasteiger partial charge on any atom is -0.494 e. The molecular weight excluding hydrogens is 409 g/mol. The van der Waals surface area contributed by atoms with E-state index in [2.05, 4.69) is 35.6 Å². The monoisotopic (exact) mass is 433 g/mol. The summed E-state index contributed by atoms with van der Waals surface area (Å²) in [5.41, 5.74) is 4.34. The fourth-order valence-corrected chi connectivity index (χ4v) is 4.09. The van der Waals surface area contributed by atoms with Crippen LogP contribution < -0.4 is 10.1 Å². The summed E-state index contributed by atoms with van der Waals surface area (Å²) in [4.78, 5) is 0. The summed E-state index contributed by atoms with van der Waals surface area (Å²) in [7, 11) is 1.48. The zero-order chi connectivity index (χ0) is 21.6. The van der Waals surface area contributed by atoms with E-state index in [0.717, 1.165) is 52.9 Å². The summed E-state index contributed by atoms with van der Waals surface area (Å²) in [5, 5.41) is 6.56. The van der Waals surface area contributed by atoms with Crippen molar-refractivity contribution >= 4 is 22.4 Å². The Kier molecular flexibility index (Phi) is 6.86. The highest BCUT2D eigenvalue weighted by Gasteiger charge is 2.10. The summed E-state index contributed by atoms with van der Waals surface area (Å²) in [5.74, 6) is -0.0923. The summed E-state index contributed by atoms with van der Waals surface area (Å²) >= 11 is 6.05. The number of fused-ring (bicyclic) bond motifs is 1. The van der Waals surface area contributed by atoms with Crippen LogP contribution in [0.25, 0.3) is 21.9 Å². The van der Waals surface area contributed by atoms with Crippen LogP contribution in [0.5, 0.6) is 5.75 Å². The van der Waals surface area contributed by atoms with Gasteiger partial charge in [-0.25, -0.2) is 4.39 Å².